The fourth-order valence-corrected chi connectivity index (χ4v) is 4.00. The molecule has 1 aliphatic rings. The highest BCUT2D eigenvalue weighted by atomic mass is 19.1. The number of benzene rings is 1. The Morgan fingerprint density at radius 2 is 2.09 bits per heavy atom. The van der Waals surface area contributed by atoms with Gasteiger partial charge in [0, 0.05) is 36.3 Å². The first-order valence-corrected chi connectivity index (χ1v) is 10.4. The highest BCUT2D eigenvalue weighted by Gasteiger charge is 2.24. The molecule has 5 rings (SSSR count). The Bertz CT molecular complexity index is 1340. The van der Waals surface area contributed by atoms with Crippen molar-refractivity contribution in [1.29, 1.82) is 0 Å². The Morgan fingerprint density at radius 3 is 2.94 bits per heavy atom. The van der Waals surface area contributed by atoms with E-state index in [1.54, 1.807) is 19.2 Å². The van der Waals surface area contributed by atoms with Crippen LogP contribution < -0.4 is 15.5 Å². The molecule has 8 nitrogen and oxygen atoms in total. The molecule has 0 bridgehead atoms. The summed E-state index contributed by atoms with van der Waals surface area (Å²) in [6.45, 7) is 5.10. The highest BCUT2D eigenvalue weighted by Crippen LogP contribution is 2.32. The van der Waals surface area contributed by atoms with E-state index in [-0.39, 0.29) is 24.3 Å². The minimum absolute atomic E-state index is 0.0623. The van der Waals surface area contributed by atoms with Gasteiger partial charge in [0.05, 0.1) is 23.5 Å². The summed E-state index contributed by atoms with van der Waals surface area (Å²) in [7, 11) is 0. The molecule has 2 N–H and O–H groups in total. The number of carbonyl (C=O) groups is 1. The van der Waals surface area contributed by atoms with Gasteiger partial charge in [-0.2, -0.15) is 0 Å². The van der Waals surface area contributed by atoms with Crippen LogP contribution >= 0.6 is 0 Å². The van der Waals surface area contributed by atoms with Gasteiger partial charge < -0.3 is 15.5 Å². The van der Waals surface area contributed by atoms with Crippen LogP contribution in [0.1, 0.15) is 24.1 Å². The Balaban J connectivity index is 1.61. The van der Waals surface area contributed by atoms with Crippen LogP contribution in [-0.4, -0.2) is 45.5 Å². The zero-order chi connectivity index (χ0) is 22.2. The van der Waals surface area contributed by atoms with E-state index in [1.165, 1.54) is 12.4 Å². The van der Waals surface area contributed by atoms with E-state index in [0.717, 1.165) is 16.3 Å². The first-order chi connectivity index (χ1) is 15.5. The van der Waals surface area contributed by atoms with Crippen LogP contribution in [-0.2, 0) is 4.79 Å². The Labute approximate surface area is 183 Å². The van der Waals surface area contributed by atoms with Crippen molar-refractivity contribution in [2.45, 2.75) is 19.9 Å². The molecule has 1 amide bonds. The Morgan fingerprint density at radius 1 is 1.22 bits per heavy atom. The lowest BCUT2D eigenvalue weighted by molar-refractivity contribution is -0.120. The second-order valence-electron chi connectivity index (χ2n) is 7.93. The number of hydrogen-bond acceptors (Lipinski definition) is 7. The summed E-state index contributed by atoms with van der Waals surface area (Å²) in [5.41, 5.74) is 2.62. The third-order valence-corrected chi connectivity index (χ3v) is 5.67. The van der Waals surface area contributed by atoms with Crippen molar-refractivity contribution in [3.8, 4) is 0 Å². The fraction of sp³-hybridized carbons (Fsp3) is 0.261. The highest BCUT2D eigenvalue weighted by molar-refractivity contribution is 5.88. The van der Waals surface area contributed by atoms with Gasteiger partial charge in [0.25, 0.3) is 0 Å². The molecular formula is C23H22FN7O. The SMILES string of the molecule is Cc1cc2cc(C(C)Nc3ncnc4ncccc34)c(N3CCNC(=O)C3)nc2cc1F. The molecule has 1 aliphatic heterocycles. The number of amides is 1. The smallest absolute Gasteiger partial charge is 0.239 e. The zero-order valence-electron chi connectivity index (χ0n) is 17.8. The molecule has 1 fully saturated rings. The van der Waals surface area contributed by atoms with E-state index >= 15 is 0 Å². The van der Waals surface area contributed by atoms with Crippen LogP contribution in [0.3, 0.4) is 0 Å². The third-order valence-electron chi connectivity index (χ3n) is 5.67. The molecular weight excluding hydrogens is 409 g/mol. The number of anilines is 2. The number of nitrogens with zero attached hydrogens (tertiary/aromatic N) is 5. The molecule has 9 heteroatoms. The topological polar surface area (TPSA) is 95.9 Å². The number of halogens is 1. The van der Waals surface area contributed by atoms with Crippen molar-refractivity contribution in [2.75, 3.05) is 29.9 Å². The van der Waals surface area contributed by atoms with Crippen molar-refractivity contribution in [3.63, 3.8) is 0 Å². The molecule has 3 aromatic heterocycles. The summed E-state index contributed by atoms with van der Waals surface area (Å²) >= 11 is 0. The van der Waals surface area contributed by atoms with E-state index < -0.39 is 0 Å². The first-order valence-electron chi connectivity index (χ1n) is 10.4. The van der Waals surface area contributed by atoms with E-state index in [9.17, 15) is 9.18 Å². The Kier molecular flexibility index (Phi) is 5.01. The molecule has 1 atom stereocenters. The molecule has 0 radical (unpaired) electrons. The maximum atomic E-state index is 14.2. The Hall–Kier alpha value is -3.88. The van der Waals surface area contributed by atoms with Crippen LogP contribution in [0, 0.1) is 12.7 Å². The van der Waals surface area contributed by atoms with Crippen LogP contribution in [0.4, 0.5) is 16.0 Å². The molecule has 1 aromatic carbocycles. The molecule has 1 saturated heterocycles. The molecule has 4 aromatic rings. The third kappa shape index (κ3) is 3.66. The van der Waals surface area contributed by atoms with E-state index in [1.807, 2.05) is 30.0 Å². The number of piperazine rings is 1. The number of fused-ring (bicyclic) bond motifs is 2. The minimum Gasteiger partial charge on any atom is -0.363 e. The average Bonchev–Trinajstić information content (AvgIpc) is 2.79. The number of carbonyl (C=O) groups excluding carboxylic acids is 1. The number of hydrogen-bond donors (Lipinski definition) is 2. The van der Waals surface area contributed by atoms with Crippen molar-refractivity contribution in [2.24, 2.45) is 0 Å². The number of rotatable bonds is 4. The number of aryl methyl sites for hydroxylation is 1. The maximum absolute atomic E-state index is 14.2. The molecule has 0 spiro atoms. The summed E-state index contributed by atoms with van der Waals surface area (Å²) in [5, 5.41) is 7.94. The monoisotopic (exact) mass is 431 g/mol. The largest absolute Gasteiger partial charge is 0.363 e. The number of nitrogens with one attached hydrogen (secondary N) is 2. The number of aromatic nitrogens is 4. The van der Waals surface area contributed by atoms with Gasteiger partial charge >= 0.3 is 0 Å². The van der Waals surface area contributed by atoms with Crippen LogP contribution in [0.2, 0.25) is 0 Å². The second kappa shape index (κ2) is 7.99. The van der Waals surface area contributed by atoms with Gasteiger partial charge in [-0.3, -0.25) is 4.79 Å². The fourth-order valence-electron chi connectivity index (χ4n) is 4.00. The van der Waals surface area contributed by atoms with Crippen molar-refractivity contribution in [1.82, 2.24) is 25.3 Å². The lowest BCUT2D eigenvalue weighted by Crippen LogP contribution is -2.48. The van der Waals surface area contributed by atoms with Crippen molar-refractivity contribution in [3.05, 3.63) is 59.8 Å². The lowest BCUT2D eigenvalue weighted by atomic mass is 10.0. The summed E-state index contributed by atoms with van der Waals surface area (Å²) in [5.74, 6) is 0.958. The predicted molar refractivity (Wildman–Crippen MR) is 121 cm³/mol. The van der Waals surface area contributed by atoms with Gasteiger partial charge in [0.2, 0.25) is 5.91 Å². The second-order valence-corrected chi connectivity index (χ2v) is 7.93. The van der Waals surface area contributed by atoms with E-state index in [4.69, 9.17) is 4.98 Å². The molecule has 1 unspecified atom stereocenters. The summed E-state index contributed by atoms with van der Waals surface area (Å²) < 4.78 is 14.2. The molecule has 162 valence electrons. The zero-order valence-corrected chi connectivity index (χ0v) is 17.8. The normalized spacial score (nSPS) is 15.1. The lowest BCUT2D eigenvalue weighted by Gasteiger charge is -2.31. The maximum Gasteiger partial charge on any atom is 0.239 e. The average molecular weight is 431 g/mol. The predicted octanol–water partition coefficient (Wildman–Crippen LogP) is 3.13. The van der Waals surface area contributed by atoms with Gasteiger partial charge in [-0.1, -0.05) is 0 Å². The summed E-state index contributed by atoms with van der Waals surface area (Å²) in [4.78, 5) is 31.7. The van der Waals surface area contributed by atoms with Crippen LogP contribution in [0.15, 0.2) is 42.9 Å². The molecule has 0 saturated carbocycles. The standard InChI is InChI=1S/C23H22FN7O/c1-13-8-15-9-17(14(2)29-22-16-4-3-5-26-21(16)27-12-28-22)23(30-19(15)10-18(13)24)31-7-6-25-20(32)11-31/h3-5,8-10,12,14H,6-7,11H2,1-2H3,(H,25,32)(H,26,27,28,29). The summed E-state index contributed by atoms with van der Waals surface area (Å²) in [6, 6.07) is 8.81. The van der Waals surface area contributed by atoms with Crippen molar-refractivity contribution >= 4 is 39.5 Å². The van der Waals surface area contributed by atoms with Gasteiger partial charge in [0.1, 0.15) is 23.8 Å². The molecule has 32 heavy (non-hydrogen) atoms. The van der Waals surface area contributed by atoms with Gasteiger partial charge in [0.15, 0.2) is 5.65 Å². The van der Waals surface area contributed by atoms with Crippen LogP contribution in [0.25, 0.3) is 21.9 Å². The summed E-state index contributed by atoms with van der Waals surface area (Å²) in [6.07, 6.45) is 3.17. The van der Waals surface area contributed by atoms with Crippen LogP contribution in [0.5, 0.6) is 0 Å². The van der Waals surface area contributed by atoms with Crippen molar-refractivity contribution < 1.29 is 9.18 Å². The van der Waals surface area contributed by atoms with E-state index in [0.29, 0.717) is 41.5 Å². The van der Waals surface area contributed by atoms with Gasteiger partial charge in [-0.25, -0.2) is 24.3 Å². The van der Waals surface area contributed by atoms with E-state index in [2.05, 4.69) is 25.6 Å². The quantitative estimate of drug-likeness (QED) is 0.512. The number of pyridine rings is 2. The van der Waals surface area contributed by atoms with Gasteiger partial charge in [-0.05, 0) is 43.7 Å². The first kappa shape index (κ1) is 20.0. The molecule has 4 heterocycles. The minimum atomic E-state index is -0.300. The van der Waals surface area contributed by atoms with Gasteiger partial charge in [-0.15, -0.1) is 0 Å². The molecule has 0 aliphatic carbocycles.